The molecule has 2 saturated heterocycles. The molecule has 126 valence electrons. The van der Waals surface area contributed by atoms with Gasteiger partial charge in [-0.2, -0.15) is 0 Å². The van der Waals surface area contributed by atoms with Crippen LogP contribution < -0.4 is 10.6 Å². The molecule has 0 radical (unpaired) electrons. The number of hydrogen-bond donors (Lipinski definition) is 3. The maximum atomic E-state index is 12.5. The number of ether oxygens (including phenoxy) is 1. The highest BCUT2D eigenvalue weighted by Crippen LogP contribution is 2.46. The minimum atomic E-state index is -1.25. The third-order valence-corrected chi connectivity index (χ3v) is 4.88. The minimum absolute atomic E-state index is 0.0297. The summed E-state index contributed by atoms with van der Waals surface area (Å²) in [4.78, 5) is 29.3. The number of nitrogens with zero attached hydrogens (tertiary/aromatic N) is 2. The van der Waals surface area contributed by atoms with Crippen LogP contribution in [0.2, 0.25) is 0 Å². The largest absolute Gasteiger partial charge is 0.389 e. The number of amides is 4. The van der Waals surface area contributed by atoms with Crippen LogP contribution in [0.1, 0.15) is 19.3 Å². The van der Waals surface area contributed by atoms with Gasteiger partial charge in [0.2, 0.25) is 0 Å². The molecule has 0 aliphatic carbocycles. The SMILES string of the molecule is C#CC[C@H](O)C1(C23C=NC(=O)NC2NC(=O)N3CC#C)CCCO1. The van der Waals surface area contributed by atoms with Crippen molar-refractivity contribution < 1.29 is 19.4 Å². The molecular formula is C16H18N4O4. The first-order chi connectivity index (χ1) is 11.5. The van der Waals surface area contributed by atoms with Gasteiger partial charge in [0.25, 0.3) is 0 Å². The normalized spacial score (nSPS) is 35.6. The number of carbonyl (C=O) groups is 2. The first-order valence-electron chi connectivity index (χ1n) is 7.64. The molecule has 3 heterocycles. The number of aliphatic imine (C=N–C) groups is 1. The van der Waals surface area contributed by atoms with Crippen molar-refractivity contribution in [3.63, 3.8) is 0 Å². The Morgan fingerprint density at radius 2 is 2.25 bits per heavy atom. The van der Waals surface area contributed by atoms with E-state index in [4.69, 9.17) is 17.6 Å². The summed E-state index contributed by atoms with van der Waals surface area (Å²) in [5, 5.41) is 16.1. The highest BCUT2D eigenvalue weighted by molar-refractivity contribution is 5.98. The zero-order valence-electron chi connectivity index (χ0n) is 13.0. The van der Waals surface area contributed by atoms with Crippen molar-refractivity contribution in [2.75, 3.05) is 13.2 Å². The van der Waals surface area contributed by atoms with Gasteiger partial charge in [0.1, 0.15) is 11.8 Å². The number of terminal acetylenes is 2. The van der Waals surface area contributed by atoms with E-state index in [-0.39, 0.29) is 13.0 Å². The van der Waals surface area contributed by atoms with Gasteiger partial charge in [-0.25, -0.2) is 14.6 Å². The summed E-state index contributed by atoms with van der Waals surface area (Å²) >= 11 is 0. The number of rotatable bonds is 4. The van der Waals surface area contributed by atoms with Crippen molar-refractivity contribution in [3.8, 4) is 24.7 Å². The van der Waals surface area contributed by atoms with E-state index in [2.05, 4.69) is 27.5 Å². The summed E-state index contributed by atoms with van der Waals surface area (Å²) in [5.74, 6) is 4.86. The lowest BCUT2D eigenvalue weighted by atomic mass is 9.70. The lowest BCUT2D eigenvalue weighted by Crippen LogP contribution is -2.76. The molecule has 3 rings (SSSR count). The molecule has 24 heavy (non-hydrogen) atoms. The van der Waals surface area contributed by atoms with Gasteiger partial charge >= 0.3 is 12.1 Å². The van der Waals surface area contributed by atoms with Gasteiger partial charge in [0.15, 0.2) is 5.54 Å². The number of urea groups is 2. The van der Waals surface area contributed by atoms with Crippen molar-refractivity contribution >= 4 is 18.3 Å². The second-order valence-electron chi connectivity index (χ2n) is 5.97. The van der Waals surface area contributed by atoms with Crippen LogP contribution >= 0.6 is 0 Å². The van der Waals surface area contributed by atoms with Gasteiger partial charge in [-0.05, 0) is 12.8 Å². The molecule has 0 spiro atoms. The number of aliphatic hydroxyl groups is 1. The highest BCUT2D eigenvalue weighted by atomic mass is 16.5. The van der Waals surface area contributed by atoms with Gasteiger partial charge in [-0.3, -0.25) is 4.90 Å². The smallest absolute Gasteiger partial charge is 0.342 e. The molecular weight excluding hydrogens is 312 g/mol. The van der Waals surface area contributed by atoms with Crippen LogP contribution in [-0.4, -0.2) is 64.8 Å². The molecule has 4 atom stereocenters. The van der Waals surface area contributed by atoms with Gasteiger partial charge < -0.3 is 20.5 Å². The quantitative estimate of drug-likeness (QED) is 0.601. The molecule has 0 aromatic heterocycles. The Balaban J connectivity index is 2.18. The third-order valence-electron chi connectivity index (χ3n) is 4.88. The Kier molecular flexibility index (Phi) is 3.96. The number of nitrogens with one attached hydrogen (secondary N) is 2. The van der Waals surface area contributed by atoms with E-state index < -0.39 is 35.5 Å². The van der Waals surface area contributed by atoms with Crippen LogP contribution in [0, 0.1) is 24.7 Å². The summed E-state index contributed by atoms with van der Waals surface area (Å²) in [6.07, 6.45) is 11.4. The topological polar surface area (TPSA) is 103 Å². The van der Waals surface area contributed by atoms with Crippen molar-refractivity contribution in [2.45, 2.75) is 42.7 Å². The lowest BCUT2D eigenvalue weighted by Gasteiger charge is -2.51. The van der Waals surface area contributed by atoms with E-state index in [1.807, 2.05) is 0 Å². The first kappa shape index (κ1) is 16.3. The fourth-order valence-electron chi connectivity index (χ4n) is 3.90. The molecule has 8 nitrogen and oxygen atoms in total. The predicted molar refractivity (Wildman–Crippen MR) is 85.0 cm³/mol. The van der Waals surface area contributed by atoms with Crippen molar-refractivity contribution in [3.05, 3.63) is 0 Å². The highest BCUT2D eigenvalue weighted by Gasteiger charge is 2.69. The maximum absolute atomic E-state index is 12.5. The Morgan fingerprint density at radius 1 is 1.46 bits per heavy atom. The first-order valence-corrected chi connectivity index (χ1v) is 7.64. The van der Waals surface area contributed by atoms with E-state index >= 15 is 0 Å². The predicted octanol–water partition coefficient (Wildman–Crippen LogP) is -0.563. The molecule has 2 fully saturated rings. The summed E-state index contributed by atoms with van der Waals surface area (Å²) in [7, 11) is 0. The minimum Gasteiger partial charge on any atom is -0.389 e. The van der Waals surface area contributed by atoms with Crippen molar-refractivity contribution in [1.82, 2.24) is 15.5 Å². The number of fused-ring (bicyclic) bond motifs is 1. The summed E-state index contributed by atoms with van der Waals surface area (Å²) < 4.78 is 5.97. The summed E-state index contributed by atoms with van der Waals surface area (Å²) in [6.45, 7) is 0.369. The van der Waals surface area contributed by atoms with Crippen LogP contribution in [-0.2, 0) is 4.74 Å². The Morgan fingerprint density at radius 3 is 2.88 bits per heavy atom. The molecule has 0 saturated carbocycles. The van der Waals surface area contributed by atoms with Gasteiger partial charge in [0.05, 0.1) is 12.6 Å². The van der Waals surface area contributed by atoms with E-state index in [0.717, 1.165) is 0 Å². The van der Waals surface area contributed by atoms with Gasteiger partial charge in [-0.1, -0.05) is 5.92 Å². The molecule has 3 unspecified atom stereocenters. The zero-order chi connectivity index (χ0) is 17.4. The Labute approximate surface area is 139 Å². The molecule has 3 aliphatic heterocycles. The van der Waals surface area contributed by atoms with Gasteiger partial charge in [0, 0.05) is 19.2 Å². The zero-order valence-corrected chi connectivity index (χ0v) is 13.0. The van der Waals surface area contributed by atoms with Crippen LogP contribution in [0.25, 0.3) is 0 Å². The average molecular weight is 330 g/mol. The number of aliphatic hydroxyl groups excluding tert-OH is 1. The fourth-order valence-corrected chi connectivity index (χ4v) is 3.90. The average Bonchev–Trinajstić information content (AvgIpc) is 3.14. The fraction of sp³-hybridized carbons (Fsp3) is 0.562. The molecule has 8 heteroatoms. The Hall–Kier alpha value is -2.55. The molecule has 3 N–H and O–H groups in total. The van der Waals surface area contributed by atoms with Crippen LogP contribution in [0.4, 0.5) is 9.59 Å². The summed E-state index contributed by atoms with van der Waals surface area (Å²) in [5.41, 5.74) is -2.46. The standard InChI is InChI=1S/C16H18N4O4/c1-3-6-11(21)16(7-5-9-24-16)15-10-17-13(22)18-12(15)19-14(23)20(15)8-4-2/h1-2,10-12,21H,5-9H2,(H,18,22)(H,19,23)/t11-,12?,15?,16?/m0/s1. The maximum Gasteiger partial charge on any atom is 0.342 e. The second kappa shape index (κ2) is 5.82. The van der Waals surface area contributed by atoms with Crippen molar-refractivity contribution in [2.24, 2.45) is 4.99 Å². The molecule has 0 aromatic carbocycles. The molecule has 0 bridgehead atoms. The van der Waals surface area contributed by atoms with Crippen LogP contribution in [0.3, 0.4) is 0 Å². The van der Waals surface area contributed by atoms with Crippen LogP contribution in [0.5, 0.6) is 0 Å². The Bertz CT molecular complexity index is 671. The van der Waals surface area contributed by atoms with E-state index in [1.165, 1.54) is 11.1 Å². The molecule has 4 amide bonds. The second-order valence-corrected chi connectivity index (χ2v) is 5.97. The lowest BCUT2D eigenvalue weighted by molar-refractivity contribution is -0.146. The molecule has 0 aromatic rings. The van der Waals surface area contributed by atoms with Crippen LogP contribution in [0.15, 0.2) is 4.99 Å². The number of carbonyl (C=O) groups excluding carboxylic acids is 2. The summed E-state index contributed by atoms with van der Waals surface area (Å²) in [6, 6.07) is -1.05. The third kappa shape index (κ3) is 2.01. The van der Waals surface area contributed by atoms with Gasteiger partial charge in [-0.15, -0.1) is 18.8 Å². The van der Waals surface area contributed by atoms with Crippen molar-refractivity contribution in [1.29, 1.82) is 0 Å². The molecule has 3 aliphatic rings. The monoisotopic (exact) mass is 330 g/mol. The van der Waals surface area contributed by atoms with E-state index in [9.17, 15) is 14.7 Å². The van der Waals surface area contributed by atoms with E-state index in [1.54, 1.807) is 0 Å². The number of hydrogen-bond acceptors (Lipinski definition) is 4. The van der Waals surface area contributed by atoms with E-state index in [0.29, 0.717) is 19.4 Å².